The van der Waals surface area contributed by atoms with E-state index >= 15 is 0 Å². The van der Waals surface area contributed by atoms with Gasteiger partial charge in [-0.2, -0.15) is 22.8 Å². The van der Waals surface area contributed by atoms with Gasteiger partial charge in [0.15, 0.2) is 10.8 Å². The van der Waals surface area contributed by atoms with Crippen molar-refractivity contribution in [3.63, 3.8) is 0 Å². The molecule has 2 heterocycles. The summed E-state index contributed by atoms with van der Waals surface area (Å²) in [5.74, 6) is -1.20. The van der Waals surface area contributed by atoms with E-state index in [1.807, 2.05) is 0 Å². The van der Waals surface area contributed by atoms with Crippen LogP contribution in [0.25, 0.3) is 11.7 Å². The van der Waals surface area contributed by atoms with Crippen LogP contribution in [-0.4, -0.2) is 38.8 Å². The zero-order valence-corrected chi connectivity index (χ0v) is 10.7. The molecule has 2 rings (SSSR count). The minimum Gasteiger partial charge on any atom is -0.383 e. The minimum atomic E-state index is -4.64. The second-order valence-electron chi connectivity index (χ2n) is 3.96. The van der Waals surface area contributed by atoms with Crippen molar-refractivity contribution < 1.29 is 13.2 Å². The summed E-state index contributed by atoms with van der Waals surface area (Å²) in [6.07, 6.45) is -1.40. The Bertz CT molecular complexity index is 632. The van der Waals surface area contributed by atoms with Crippen molar-refractivity contribution in [1.29, 1.82) is 0 Å². The van der Waals surface area contributed by atoms with E-state index < -0.39 is 12.0 Å². The summed E-state index contributed by atoms with van der Waals surface area (Å²) < 4.78 is 38.7. The third-order valence-electron chi connectivity index (χ3n) is 2.17. The van der Waals surface area contributed by atoms with Crippen LogP contribution in [0, 0.1) is 0 Å². The molecule has 19 heavy (non-hydrogen) atoms. The van der Waals surface area contributed by atoms with Crippen LogP contribution in [0.1, 0.15) is 11.4 Å². The molecule has 0 aliphatic carbocycles. The summed E-state index contributed by atoms with van der Waals surface area (Å²) in [6, 6.07) is 1.42. The predicted octanol–water partition coefficient (Wildman–Crippen LogP) is 2.33. The molecule has 2 aromatic rings. The molecule has 0 saturated carbocycles. The lowest BCUT2D eigenvalue weighted by atomic mass is 10.3. The van der Waals surface area contributed by atoms with E-state index in [-0.39, 0.29) is 10.8 Å². The van der Waals surface area contributed by atoms with E-state index in [1.165, 1.54) is 6.07 Å². The van der Waals surface area contributed by atoms with Gasteiger partial charge in [0.1, 0.15) is 0 Å². The molecule has 0 atom stereocenters. The zero-order valence-electron chi connectivity index (χ0n) is 9.98. The number of nitrogens with zero attached hydrogens (tertiary/aromatic N) is 5. The van der Waals surface area contributed by atoms with Gasteiger partial charge >= 0.3 is 6.18 Å². The largest absolute Gasteiger partial charge is 0.453 e. The van der Waals surface area contributed by atoms with Crippen LogP contribution in [0.15, 0.2) is 12.3 Å². The summed E-state index contributed by atoms with van der Waals surface area (Å²) in [5, 5.41) is 10.1. The average Bonchev–Trinajstić information content (AvgIpc) is 2.68. The lowest BCUT2D eigenvalue weighted by Crippen LogP contribution is -2.12. The quantitative estimate of drug-likeness (QED) is 0.852. The van der Waals surface area contributed by atoms with Gasteiger partial charge in [-0.1, -0.05) is 11.6 Å². The highest BCUT2D eigenvalue weighted by Gasteiger charge is 2.38. The van der Waals surface area contributed by atoms with Crippen molar-refractivity contribution in [1.82, 2.24) is 24.7 Å². The van der Waals surface area contributed by atoms with Gasteiger partial charge in [-0.05, 0) is 18.3 Å². The molecule has 5 nitrogen and oxygen atoms in total. The standard InChI is InChI=1S/C10H9ClF3N5/c1-18(2)4-3-6-5-7(11)17-19-8(6)15-16-9(19)10(12,13)14/h3-5H,1-2H3/b4-3+. The Balaban J connectivity index is 2.64. The first kappa shape index (κ1) is 13.6. The first-order valence-electron chi connectivity index (χ1n) is 5.13. The smallest absolute Gasteiger partial charge is 0.383 e. The predicted molar refractivity (Wildman–Crippen MR) is 63.5 cm³/mol. The van der Waals surface area contributed by atoms with E-state index in [1.54, 1.807) is 31.3 Å². The van der Waals surface area contributed by atoms with Crippen LogP contribution in [0.2, 0.25) is 5.15 Å². The Morgan fingerprint density at radius 2 is 2.00 bits per heavy atom. The van der Waals surface area contributed by atoms with Gasteiger partial charge in [-0.15, -0.1) is 10.2 Å². The van der Waals surface area contributed by atoms with Gasteiger partial charge in [-0.25, -0.2) is 0 Å². The first-order chi connectivity index (χ1) is 8.79. The number of aromatic nitrogens is 4. The zero-order chi connectivity index (χ0) is 14.2. The molecule has 102 valence electrons. The molecule has 0 saturated heterocycles. The first-order valence-corrected chi connectivity index (χ1v) is 5.50. The van der Waals surface area contributed by atoms with Crippen LogP contribution < -0.4 is 0 Å². The lowest BCUT2D eigenvalue weighted by Gasteiger charge is -2.05. The molecule has 0 radical (unpaired) electrons. The van der Waals surface area contributed by atoms with Gasteiger partial charge in [0.05, 0.1) is 0 Å². The Morgan fingerprint density at radius 3 is 2.58 bits per heavy atom. The Kier molecular flexibility index (Phi) is 3.36. The molecule has 0 aliphatic heterocycles. The van der Waals surface area contributed by atoms with Gasteiger partial charge in [-0.3, -0.25) is 0 Å². The monoisotopic (exact) mass is 291 g/mol. The molecule has 0 aromatic carbocycles. The van der Waals surface area contributed by atoms with E-state index in [4.69, 9.17) is 11.6 Å². The highest BCUT2D eigenvalue weighted by atomic mass is 35.5. The normalized spacial score (nSPS) is 12.5. The molecule has 0 unspecified atom stereocenters. The molecule has 0 spiro atoms. The summed E-state index contributed by atoms with van der Waals surface area (Å²) >= 11 is 5.72. The maximum Gasteiger partial charge on any atom is 0.453 e. The van der Waals surface area contributed by atoms with Crippen LogP contribution in [0.4, 0.5) is 13.2 Å². The molecular formula is C10H9ClF3N5. The van der Waals surface area contributed by atoms with E-state index in [0.29, 0.717) is 10.1 Å². The van der Waals surface area contributed by atoms with Crippen molar-refractivity contribution in [3.8, 4) is 0 Å². The number of hydrogen-bond donors (Lipinski definition) is 0. The van der Waals surface area contributed by atoms with Gasteiger partial charge in [0.25, 0.3) is 5.82 Å². The fourth-order valence-corrected chi connectivity index (χ4v) is 1.59. The van der Waals surface area contributed by atoms with Crippen LogP contribution >= 0.6 is 11.6 Å². The Labute approximate surface area is 111 Å². The van der Waals surface area contributed by atoms with Gasteiger partial charge in [0, 0.05) is 19.7 Å². The van der Waals surface area contributed by atoms with E-state index in [9.17, 15) is 13.2 Å². The SMILES string of the molecule is CN(C)/C=C/c1cc(Cl)nn2c(C(F)(F)F)nnc12. The van der Waals surface area contributed by atoms with E-state index in [0.717, 1.165) is 0 Å². The number of fused-ring (bicyclic) bond motifs is 1. The van der Waals surface area contributed by atoms with E-state index in [2.05, 4.69) is 15.3 Å². The minimum absolute atomic E-state index is 0.00479. The summed E-state index contributed by atoms with van der Waals surface area (Å²) in [6.45, 7) is 0. The number of rotatable bonds is 2. The molecule has 0 N–H and O–H groups in total. The van der Waals surface area contributed by atoms with Crippen molar-refractivity contribution in [2.24, 2.45) is 0 Å². The van der Waals surface area contributed by atoms with Crippen LogP contribution in [0.3, 0.4) is 0 Å². The van der Waals surface area contributed by atoms with Crippen LogP contribution in [0.5, 0.6) is 0 Å². The fraction of sp³-hybridized carbons (Fsp3) is 0.300. The highest BCUT2D eigenvalue weighted by Crippen LogP contribution is 2.28. The summed E-state index contributed by atoms with van der Waals surface area (Å²) in [7, 11) is 3.56. The molecule has 9 heteroatoms. The average molecular weight is 292 g/mol. The number of alkyl halides is 3. The molecule has 0 fully saturated rings. The Hall–Kier alpha value is -1.83. The summed E-state index contributed by atoms with van der Waals surface area (Å²) in [5.41, 5.74) is 0.395. The van der Waals surface area contributed by atoms with Crippen molar-refractivity contribution >= 4 is 23.3 Å². The fourth-order valence-electron chi connectivity index (χ4n) is 1.40. The van der Waals surface area contributed by atoms with Gasteiger partial charge < -0.3 is 4.90 Å². The lowest BCUT2D eigenvalue weighted by molar-refractivity contribution is -0.146. The van der Waals surface area contributed by atoms with Crippen molar-refractivity contribution in [3.05, 3.63) is 28.8 Å². The third-order valence-corrected chi connectivity index (χ3v) is 2.36. The van der Waals surface area contributed by atoms with Crippen molar-refractivity contribution in [2.45, 2.75) is 6.18 Å². The second-order valence-corrected chi connectivity index (χ2v) is 4.35. The van der Waals surface area contributed by atoms with Crippen LogP contribution in [-0.2, 0) is 6.18 Å². The van der Waals surface area contributed by atoms with Crippen molar-refractivity contribution in [2.75, 3.05) is 14.1 Å². The maximum absolute atomic E-state index is 12.7. The maximum atomic E-state index is 12.7. The van der Waals surface area contributed by atoms with Gasteiger partial charge in [0.2, 0.25) is 0 Å². The molecule has 0 aliphatic rings. The highest BCUT2D eigenvalue weighted by molar-refractivity contribution is 6.29. The summed E-state index contributed by atoms with van der Waals surface area (Å²) in [4.78, 5) is 1.73. The number of hydrogen-bond acceptors (Lipinski definition) is 4. The third kappa shape index (κ3) is 2.78. The Morgan fingerprint density at radius 1 is 1.32 bits per heavy atom. The molecule has 0 amide bonds. The number of halogens is 4. The topological polar surface area (TPSA) is 46.3 Å². The molecule has 0 bridgehead atoms. The second kappa shape index (κ2) is 4.69. The molecule has 2 aromatic heterocycles. The molecular weight excluding hydrogens is 283 g/mol.